The Hall–Kier alpha value is -0.940. The molecule has 0 saturated carbocycles. The van der Waals surface area contributed by atoms with Crippen molar-refractivity contribution in [3.63, 3.8) is 0 Å². The van der Waals surface area contributed by atoms with Crippen molar-refractivity contribution in [2.75, 3.05) is 0 Å². The van der Waals surface area contributed by atoms with Crippen molar-refractivity contribution < 1.29 is 9.53 Å². The Balaban J connectivity index is 2.26. The summed E-state index contributed by atoms with van der Waals surface area (Å²) in [5.41, 5.74) is 0. The molecule has 5 heteroatoms. The molecule has 1 amide bonds. The topological polar surface area (TPSA) is 38.3 Å². The first-order chi connectivity index (χ1) is 5.77. The van der Waals surface area contributed by atoms with Gasteiger partial charge in [-0.15, -0.1) is 11.3 Å². The molecule has 12 heavy (non-hydrogen) atoms. The first-order valence-electron chi connectivity index (χ1n) is 3.32. The van der Waals surface area contributed by atoms with Crippen molar-refractivity contribution in [2.24, 2.45) is 0 Å². The summed E-state index contributed by atoms with van der Waals surface area (Å²) in [6, 6.07) is 3.72. The van der Waals surface area contributed by atoms with Crippen LogP contribution in [0.4, 0.5) is 0 Å². The van der Waals surface area contributed by atoms with E-state index in [0.29, 0.717) is 0 Å². The molecule has 1 aliphatic rings. The average Bonchev–Trinajstić information content (AvgIpc) is 2.58. The van der Waals surface area contributed by atoms with Gasteiger partial charge in [0.1, 0.15) is 0 Å². The Kier molecular flexibility index (Phi) is 1.82. The van der Waals surface area contributed by atoms with Crippen LogP contribution in [0.2, 0.25) is 0 Å². The van der Waals surface area contributed by atoms with E-state index in [4.69, 9.17) is 17.0 Å². The summed E-state index contributed by atoms with van der Waals surface area (Å²) in [5.74, 6) is -0.178. The molecule has 62 valence electrons. The summed E-state index contributed by atoms with van der Waals surface area (Å²) in [4.78, 5) is 12.0. The lowest BCUT2D eigenvalue weighted by Crippen LogP contribution is -2.20. The summed E-state index contributed by atoms with van der Waals surface area (Å²) >= 11 is 6.18. The first-order valence-corrected chi connectivity index (χ1v) is 4.61. The number of hydrogen-bond donors (Lipinski definition) is 1. The number of nitrogens with one attached hydrogen (secondary N) is 1. The average molecular weight is 199 g/mol. The van der Waals surface area contributed by atoms with Crippen LogP contribution in [0.1, 0.15) is 11.0 Å². The number of rotatable bonds is 1. The SMILES string of the molecule is O=C1NC(=S)OC1c1cccs1. The maximum Gasteiger partial charge on any atom is 0.274 e. The third-order valence-electron chi connectivity index (χ3n) is 1.49. The van der Waals surface area contributed by atoms with Crippen LogP contribution in [0.3, 0.4) is 0 Å². The second kappa shape index (κ2) is 2.84. The van der Waals surface area contributed by atoms with Gasteiger partial charge in [-0.1, -0.05) is 6.07 Å². The molecule has 0 spiro atoms. The predicted octanol–water partition coefficient (Wildman–Crippen LogP) is 1.22. The molecule has 1 aromatic rings. The van der Waals surface area contributed by atoms with Gasteiger partial charge < -0.3 is 4.74 Å². The molecule has 1 saturated heterocycles. The van der Waals surface area contributed by atoms with E-state index >= 15 is 0 Å². The van der Waals surface area contributed by atoms with Crippen molar-refractivity contribution >= 4 is 34.6 Å². The highest BCUT2D eigenvalue weighted by atomic mass is 32.1. The van der Waals surface area contributed by atoms with E-state index in [0.717, 1.165) is 4.88 Å². The van der Waals surface area contributed by atoms with Crippen molar-refractivity contribution in [3.05, 3.63) is 22.4 Å². The molecule has 1 unspecified atom stereocenters. The van der Waals surface area contributed by atoms with Gasteiger partial charge in [0.05, 0.1) is 4.88 Å². The van der Waals surface area contributed by atoms with Crippen LogP contribution in [-0.2, 0) is 9.53 Å². The molecule has 0 bridgehead atoms. The zero-order chi connectivity index (χ0) is 8.55. The molecule has 1 N–H and O–H groups in total. The highest BCUT2D eigenvalue weighted by Gasteiger charge is 2.31. The van der Waals surface area contributed by atoms with Crippen LogP contribution >= 0.6 is 23.6 Å². The fraction of sp³-hybridized carbons (Fsp3) is 0.143. The Labute approximate surface area is 78.3 Å². The van der Waals surface area contributed by atoms with Gasteiger partial charge in [0.25, 0.3) is 11.1 Å². The molecule has 1 atom stereocenters. The molecule has 0 aliphatic carbocycles. The van der Waals surface area contributed by atoms with Crippen molar-refractivity contribution in [3.8, 4) is 0 Å². The van der Waals surface area contributed by atoms with E-state index in [1.807, 2.05) is 17.5 Å². The Morgan fingerprint density at radius 3 is 3.00 bits per heavy atom. The van der Waals surface area contributed by atoms with Crippen LogP contribution in [0, 0.1) is 0 Å². The summed E-state index contributed by atoms with van der Waals surface area (Å²) in [7, 11) is 0. The van der Waals surface area contributed by atoms with Gasteiger partial charge in [-0.3, -0.25) is 10.1 Å². The summed E-state index contributed by atoms with van der Waals surface area (Å²) in [6.07, 6.45) is -0.530. The number of amides is 1. The predicted molar refractivity (Wildman–Crippen MR) is 48.9 cm³/mol. The third kappa shape index (κ3) is 1.21. The Morgan fingerprint density at radius 2 is 2.50 bits per heavy atom. The van der Waals surface area contributed by atoms with Crippen molar-refractivity contribution in [1.29, 1.82) is 0 Å². The van der Waals surface area contributed by atoms with Crippen molar-refractivity contribution in [2.45, 2.75) is 6.10 Å². The molecule has 1 fully saturated rings. The zero-order valence-corrected chi connectivity index (χ0v) is 7.58. The van der Waals surface area contributed by atoms with Gasteiger partial charge in [-0.25, -0.2) is 0 Å². The van der Waals surface area contributed by atoms with Gasteiger partial charge in [0.2, 0.25) is 6.10 Å². The number of carbonyl (C=O) groups is 1. The minimum atomic E-state index is -0.530. The number of hydrogen-bond acceptors (Lipinski definition) is 4. The molecule has 0 aromatic carbocycles. The van der Waals surface area contributed by atoms with E-state index in [9.17, 15) is 4.79 Å². The maximum absolute atomic E-state index is 11.2. The Bertz CT molecular complexity index is 320. The van der Waals surface area contributed by atoms with Crippen LogP contribution in [0.25, 0.3) is 0 Å². The van der Waals surface area contributed by atoms with Gasteiger partial charge in [-0.2, -0.15) is 0 Å². The normalized spacial score (nSPS) is 22.2. The fourth-order valence-electron chi connectivity index (χ4n) is 0.984. The number of thiophene rings is 1. The summed E-state index contributed by atoms with van der Waals surface area (Å²) in [6.45, 7) is 0. The smallest absolute Gasteiger partial charge is 0.274 e. The molecule has 2 heterocycles. The van der Waals surface area contributed by atoms with E-state index in [1.165, 1.54) is 11.3 Å². The van der Waals surface area contributed by atoms with Crippen LogP contribution in [0.5, 0.6) is 0 Å². The molecule has 1 aliphatic heterocycles. The van der Waals surface area contributed by atoms with E-state index in [-0.39, 0.29) is 11.1 Å². The van der Waals surface area contributed by atoms with Crippen molar-refractivity contribution in [1.82, 2.24) is 5.32 Å². The second-order valence-corrected chi connectivity index (χ2v) is 3.64. The largest absolute Gasteiger partial charge is 0.451 e. The monoisotopic (exact) mass is 199 g/mol. The zero-order valence-electron chi connectivity index (χ0n) is 5.94. The van der Waals surface area contributed by atoms with Crippen LogP contribution in [-0.4, -0.2) is 11.1 Å². The number of thiocarbonyl (C=S) groups is 1. The molecular formula is C7H5NO2S2. The quantitative estimate of drug-likeness (QED) is 0.691. The first kappa shape index (κ1) is 7.70. The molecule has 0 radical (unpaired) electrons. The van der Waals surface area contributed by atoms with E-state index in [1.54, 1.807) is 0 Å². The number of ether oxygens (including phenoxy) is 1. The van der Waals surface area contributed by atoms with Gasteiger partial charge in [0.15, 0.2) is 0 Å². The minimum Gasteiger partial charge on any atom is -0.451 e. The fourth-order valence-corrected chi connectivity index (χ4v) is 1.93. The van der Waals surface area contributed by atoms with Crippen LogP contribution in [0.15, 0.2) is 17.5 Å². The van der Waals surface area contributed by atoms with E-state index < -0.39 is 6.10 Å². The van der Waals surface area contributed by atoms with Gasteiger partial charge >= 0.3 is 0 Å². The second-order valence-electron chi connectivity index (χ2n) is 2.29. The van der Waals surface area contributed by atoms with Gasteiger partial charge in [0, 0.05) is 0 Å². The lowest BCUT2D eigenvalue weighted by Gasteiger charge is -2.01. The van der Waals surface area contributed by atoms with Gasteiger partial charge in [-0.05, 0) is 23.7 Å². The standard InChI is InChI=1S/C7H5NO2S2/c9-6-5(10-7(11)8-6)4-2-1-3-12-4/h1-3,5H,(H,8,9,11). The Morgan fingerprint density at radius 1 is 1.67 bits per heavy atom. The third-order valence-corrected chi connectivity index (χ3v) is 2.60. The van der Waals surface area contributed by atoms with Crippen LogP contribution < -0.4 is 5.32 Å². The highest BCUT2D eigenvalue weighted by molar-refractivity contribution is 7.80. The molecule has 3 nitrogen and oxygen atoms in total. The highest BCUT2D eigenvalue weighted by Crippen LogP contribution is 2.25. The lowest BCUT2D eigenvalue weighted by molar-refractivity contribution is -0.123. The molecule has 2 rings (SSSR count). The molecule has 1 aromatic heterocycles. The summed E-state index contributed by atoms with van der Waals surface area (Å²) < 4.78 is 5.10. The molecular weight excluding hydrogens is 194 g/mol. The minimum absolute atomic E-state index is 0.165. The maximum atomic E-state index is 11.2. The number of carbonyl (C=O) groups excluding carboxylic acids is 1. The van der Waals surface area contributed by atoms with E-state index in [2.05, 4.69) is 5.32 Å². The lowest BCUT2D eigenvalue weighted by atomic mass is 10.3. The summed E-state index contributed by atoms with van der Waals surface area (Å²) in [5, 5.41) is 4.49.